The number of carbonyl (C=O) groups excluding carboxylic acids is 2. The molecule has 1 atom stereocenters. The predicted octanol–water partition coefficient (Wildman–Crippen LogP) is 4.67. The minimum absolute atomic E-state index is 0.00355. The van der Waals surface area contributed by atoms with E-state index in [1.54, 1.807) is 23.1 Å². The van der Waals surface area contributed by atoms with Crippen molar-refractivity contribution in [3.63, 3.8) is 0 Å². The summed E-state index contributed by atoms with van der Waals surface area (Å²) >= 11 is 6.06. The number of amides is 2. The van der Waals surface area contributed by atoms with Crippen LogP contribution in [-0.2, 0) is 16.1 Å². The van der Waals surface area contributed by atoms with E-state index >= 15 is 0 Å². The van der Waals surface area contributed by atoms with Crippen LogP contribution < -0.4 is 10.1 Å². The zero-order valence-electron chi connectivity index (χ0n) is 18.4. The second kappa shape index (κ2) is 11.0. The van der Waals surface area contributed by atoms with Crippen molar-refractivity contribution in [2.75, 3.05) is 6.61 Å². The second-order valence-corrected chi connectivity index (χ2v) is 8.20. The van der Waals surface area contributed by atoms with Crippen molar-refractivity contribution in [2.24, 2.45) is 0 Å². The highest BCUT2D eigenvalue weighted by Crippen LogP contribution is 2.21. The molecule has 2 aromatic carbocycles. The first-order valence-corrected chi connectivity index (χ1v) is 10.6. The average molecular weight is 431 g/mol. The monoisotopic (exact) mass is 430 g/mol. The molecule has 0 aromatic heterocycles. The van der Waals surface area contributed by atoms with Gasteiger partial charge in [0.15, 0.2) is 6.61 Å². The summed E-state index contributed by atoms with van der Waals surface area (Å²) in [4.78, 5) is 27.5. The van der Waals surface area contributed by atoms with Gasteiger partial charge in [-0.2, -0.15) is 0 Å². The van der Waals surface area contributed by atoms with Gasteiger partial charge in [0.2, 0.25) is 5.91 Å². The Balaban J connectivity index is 2.21. The van der Waals surface area contributed by atoms with Crippen LogP contribution in [0.2, 0.25) is 5.02 Å². The molecular weight excluding hydrogens is 400 g/mol. The van der Waals surface area contributed by atoms with E-state index in [0.717, 1.165) is 16.7 Å². The maximum atomic E-state index is 13.1. The summed E-state index contributed by atoms with van der Waals surface area (Å²) in [6.45, 7) is 9.79. The molecule has 0 saturated heterocycles. The number of rotatable bonds is 9. The Labute approximate surface area is 184 Å². The van der Waals surface area contributed by atoms with Crippen molar-refractivity contribution in [3.8, 4) is 5.75 Å². The van der Waals surface area contributed by atoms with E-state index in [2.05, 4.69) is 5.32 Å². The van der Waals surface area contributed by atoms with Crippen molar-refractivity contribution < 1.29 is 14.3 Å². The molecule has 0 spiro atoms. The van der Waals surface area contributed by atoms with Crippen LogP contribution in [0.15, 0.2) is 42.5 Å². The number of nitrogens with zero attached hydrogens (tertiary/aromatic N) is 1. The van der Waals surface area contributed by atoms with E-state index in [4.69, 9.17) is 16.3 Å². The third-order valence-corrected chi connectivity index (χ3v) is 5.21. The molecule has 30 heavy (non-hydrogen) atoms. The van der Waals surface area contributed by atoms with Crippen molar-refractivity contribution in [1.29, 1.82) is 0 Å². The molecule has 6 heteroatoms. The molecule has 0 aliphatic heterocycles. The molecule has 2 amide bonds. The van der Waals surface area contributed by atoms with Gasteiger partial charge in [-0.1, -0.05) is 48.4 Å². The maximum absolute atomic E-state index is 13.1. The average Bonchev–Trinajstić information content (AvgIpc) is 2.69. The van der Waals surface area contributed by atoms with Gasteiger partial charge in [0, 0.05) is 17.6 Å². The van der Waals surface area contributed by atoms with Gasteiger partial charge in [0.05, 0.1) is 0 Å². The summed E-state index contributed by atoms with van der Waals surface area (Å²) < 4.78 is 5.72. The molecule has 0 aliphatic carbocycles. The number of ether oxygens (including phenoxy) is 1. The Kier molecular flexibility index (Phi) is 8.72. The van der Waals surface area contributed by atoms with Crippen molar-refractivity contribution in [3.05, 3.63) is 64.2 Å². The molecule has 0 saturated carbocycles. The molecule has 162 valence electrons. The lowest BCUT2D eigenvalue weighted by Crippen LogP contribution is -2.51. The Morgan fingerprint density at radius 1 is 1.10 bits per heavy atom. The van der Waals surface area contributed by atoms with Crippen LogP contribution in [0, 0.1) is 13.8 Å². The number of hydrogen-bond acceptors (Lipinski definition) is 3. The number of aryl methyl sites for hydroxylation is 2. The lowest BCUT2D eigenvalue weighted by Gasteiger charge is -2.31. The molecule has 0 bridgehead atoms. The SMILES string of the molecule is CC[C@H](C(=O)NC(C)C)N(Cc1ccc(C)cc1)C(=O)COc1ccc(Cl)c(C)c1. The van der Waals surface area contributed by atoms with Gasteiger partial charge in [0.1, 0.15) is 11.8 Å². The number of nitrogens with one attached hydrogen (secondary N) is 1. The van der Waals surface area contributed by atoms with Crippen molar-refractivity contribution >= 4 is 23.4 Å². The van der Waals surface area contributed by atoms with E-state index in [9.17, 15) is 9.59 Å². The summed E-state index contributed by atoms with van der Waals surface area (Å²) in [6.07, 6.45) is 0.510. The van der Waals surface area contributed by atoms with Crippen LogP contribution in [0.1, 0.15) is 43.9 Å². The molecule has 5 nitrogen and oxygen atoms in total. The third kappa shape index (κ3) is 6.77. The normalized spacial score (nSPS) is 11.8. The van der Waals surface area contributed by atoms with Gasteiger partial charge in [0.25, 0.3) is 5.91 Å². The summed E-state index contributed by atoms with van der Waals surface area (Å²) in [6, 6.07) is 12.6. The molecule has 0 unspecified atom stereocenters. The molecule has 0 heterocycles. The van der Waals surface area contributed by atoms with Crippen LogP contribution in [-0.4, -0.2) is 35.4 Å². The van der Waals surface area contributed by atoms with E-state index in [-0.39, 0.29) is 24.5 Å². The van der Waals surface area contributed by atoms with E-state index < -0.39 is 6.04 Å². The molecule has 2 rings (SSSR count). The first-order valence-electron chi connectivity index (χ1n) is 10.3. The highest BCUT2D eigenvalue weighted by molar-refractivity contribution is 6.31. The smallest absolute Gasteiger partial charge is 0.261 e. The van der Waals surface area contributed by atoms with Gasteiger partial charge in [-0.05, 0) is 63.4 Å². The fourth-order valence-corrected chi connectivity index (χ4v) is 3.24. The first kappa shape index (κ1) is 23.7. The van der Waals surface area contributed by atoms with Crippen LogP contribution in [0.5, 0.6) is 5.75 Å². The highest BCUT2D eigenvalue weighted by Gasteiger charge is 2.29. The van der Waals surface area contributed by atoms with E-state index in [0.29, 0.717) is 23.7 Å². The fourth-order valence-electron chi connectivity index (χ4n) is 3.13. The quantitative estimate of drug-likeness (QED) is 0.629. The predicted molar refractivity (Wildman–Crippen MR) is 121 cm³/mol. The van der Waals surface area contributed by atoms with Gasteiger partial charge >= 0.3 is 0 Å². The number of hydrogen-bond donors (Lipinski definition) is 1. The second-order valence-electron chi connectivity index (χ2n) is 7.79. The highest BCUT2D eigenvalue weighted by atomic mass is 35.5. The number of carbonyl (C=O) groups is 2. The molecule has 0 fully saturated rings. The Morgan fingerprint density at radius 3 is 2.33 bits per heavy atom. The topological polar surface area (TPSA) is 58.6 Å². The number of halogens is 1. The standard InChI is InChI=1S/C24H31ClN2O3/c1-6-22(24(29)26-16(2)3)27(14-19-9-7-17(4)8-10-19)23(28)15-30-20-11-12-21(25)18(5)13-20/h7-13,16,22H,6,14-15H2,1-5H3,(H,26,29)/t22-/m1/s1. The minimum Gasteiger partial charge on any atom is -0.484 e. The van der Waals surface area contributed by atoms with Crippen LogP contribution in [0.25, 0.3) is 0 Å². The summed E-state index contributed by atoms with van der Waals surface area (Å²) in [5, 5.41) is 3.57. The first-order chi connectivity index (χ1) is 14.2. The van der Waals surface area contributed by atoms with Gasteiger partial charge in [-0.15, -0.1) is 0 Å². The summed E-state index contributed by atoms with van der Waals surface area (Å²) in [5.74, 6) is 0.171. The summed E-state index contributed by atoms with van der Waals surface area (Å²) in [7, 11) is 0. The largest absolute Gasteiger partial charge is 0.484 e. The van der Waals surface area contributed by atoms with Crippen molar-refractivity contribution in [2.45, 2.75) is 59.7 Å². The Morgan fingerprint density at radius 2 is 1.77 bits per heavy atom. The van der Waals surface area contributed by atoms with Crippen LogP contribution in [0.4, 0.5) is 0 Å². The third-order valence-electron chi connectivity index (χ3n) is 4.78. The van der Waals surface area contributed by atoms with Gasteiger partial charge in [-0.25, -0.2) is 0 Å². The van der Waals surface area contributed by atoms with Crippen LogP contribution in [0.3, 0.4) is 0 Å². The lowest BCUT2D eigenvalue weighted by atomic mass is 10.1. The maximum Gasteiger partial charge on any atom is 0.261 e. The Bertz CT molecular complexity index is 865. The minimum atomic E-state index is -0.572. The molecule has 0 aliphatic rings. The molecular formula is C24H31ClN2O3. The van der Waals surface area contributed by atoms with Crippen LogP contribution >= 0.6 is 11.6 Å². The lowest BCUT2D eigenvalue weighted by molar-refractivity contribution is -0.143. The fraction of sp³-hybridized carbons (Fsp3) is 0.417. The van der Waals surface area contributed by atoms with E-state index in [1.165, 1.54) is 0 Å². The zero-order chi connectivity index (χ0) is 22.3. The Hall–Kier alpha value is -2.53. The molecule has 2 aromatic rings. The molecule has 1 N–H and O–H groups in total. The summed E-state index contributed by atoms with van der Waals surface area (Å²) in [5.41, 5.74) is 2.98. The number of benzene rings is 2. The zero-order valence-corrected chi connectivity index (χ0v) is 19.1. The van der Waals surface area contributed by atoms with Crippen molar-refractivity contribution in [1.82, 2.24) is 10.2 Å². The molecule has 0 radical (unpaired) electrons. The van der Waals surface area contributed by atoms with E-state index in [1.807, 2.05) is 58.9 Å². The van der Waals surface area contributed by atoms with Gasteiger partial charge < -0.3 is 15.0 Å². The van der Waals surface area contributed by atoms with Gasteiger partial charge in [-0.3, -0.25) is 9.59 Å².